The van der Waals surface area contributed by atoms with E-state index in [1.807, 2.05) is 25.3 Å². The van der Waals surface area contributed by atoms with Gasteiger partial charge in [-0.15, -0.1) is 11.8 Å². The summed E-state index contributed by atoms with van der Waals surface area (Å²) in [6, 6.07) is 9.07. The van der Waals surface area contributed by atoms with Crippen LogP contribution in [0.15, 0.2) is 40.0 Å². The minimum absolute atomic E-state index is 0.203. The fraction of sp³-hybridized carbons (Fsp3) is 0.235. The number of thioether (sulfide) groups is 1. The fourth-order valence-corrected chi connectivity index (χ4v) is 3.49. The maximum atomic E-state index is 12.2. The molecule has 0 bridgehead atoms. The standard InChI is InChI=1S/C17H16Cl2N4O2S/c1-10-7-13(19)15(8-12(10)18)25-9-11-14(5-4-6-16(11)26-3)23-17(24)22(2)20-21-23/h4-8H,9H2,1-3H3. The summed E-state index contributed by atoms with van der Waals surface area (Å²) in [6.45, 7) is 2.08. The van der Waals surface area contributed by atoms with Gasteiger partial charge in [-0.1, -0.05) is 29.3 Å². The molecule has 1 heterocycles. The number of aryl methyl sites for hydroxylation is 2. The molecule has 136 valence electrons. The minimum Gasteiger partial charge on any atom is -0.487 e. The van der Waals surface area contributed by atoms with E-state index in [4.69, 9.17) is 27.9 Å². The van der Waals surface area contributed by atoms with Crippen molar-refractivity contribution in [3.8, 4) is 11.4 Å². The molecule has 0 unspecified atom stereocenters. The lowest BCUT2D eigenvalue weighted by Crippen LogP contribution is -2.23. The number of aromatic nitrogens is 4. The molecule has 0 spiro atoms. The van der Waals surface area contributed by atoms with Gasteiger partial charge in [-0.05, 0) is 47.4 Å². The second kappa shape index (κ2) is 7.73. The Balaban J connectivity index is 2.01. The van der Waals surface area contributed by atoms with Crippen molar-refractivity contribution in [2.75, 3.05) is 6.26 Å². The highest BCUT2D eigenvalue weighted by atomic mass is 35.5. The Kier molecular flexibility index (Phi) is 5.60. The average Bonchev–Trinajstić information content (AvgIpc) is 2.95. The first-order chi connectivity index (χ1) is 12.4. The van der Waals surface area contributed by atoms with Crippen LogP contribution in [0.3, 0.4) is 0 Å². The van der Waals surface area contributed by atoms with Gasteiger partial charge in [0.05, 0.1) is 10.7 Å². The Morgan fingerprint density at radius 3 is 2.62 bits per heavy atom. The molecule has 3 aromatic rings. The normalized spacial score (nSPS) is 11.0. The first kappa shape index (κ1) is 18.8. The molecular formula is C17H16Cl2N4O2S. The highest BCUT2D eigenvalue weighted by Crippen LogP contribution is 2.33. The van der Waals surface area contributed by atoms with E-state index in [1.54, 1.807) is 37.0 Å². The molecule has 0 aliphatic heterocycles. The SMILES string of the molecule is CSc1cccc(-n2nnn(C)c2=O)c1COc1cc(Cl)c(C)cc1Cl. The van der Waals surface area contributed by atoms with Crippen LogP contribution in [0.5, 0.6) is 5.75 Å². The van der Waals surface area contributed by atoms with Crippen LogP contribution in [0.4, 0.5) is 0 Å². The van der Waals surface area contributed by atoms with E-state index in [0.29, 0.717) is 21.5 Å². The van der Waals surface area contributed by atoms with E-state index >= 15 is 0 Å². The number of halogens is 2. The summed E-state index contributed by atoms with van der Waals surface area (Å²) in [5, 5.41) is 8.75. The third-order valence-corrected chi connectivity index (χ3v) is 5.39. The van der Waals surface area contributed by atoms with Crippen LogP contribution in [-0.4, -0.2) is 26.0 Å². The van der Waals surface area contributed by atoms with Gasteiger partial charge in [0.25, 0.3) is 0 Å². The van der Waals surface area contributed by atoms with E-state index in [0.717, 1.165) is 16.0 Å². The lowest BCUT2D eigenvalue weighted by atomic mass is 10.2. The van der Waals surface area contributed by atoms with Crippen LogP contribution in [0.2, 0.25) is 10.0 Å². The maximum absolute atomic E-state index is 12.2. The van der Waals surface area contributed by atoms with Crippen molar-refractivity contribution in [3.63, 3.8) is 0 Å². The smallest absolute Gasteiger partial charge is 0.368 e. The summed E-state index contributed by atoms with van der Waals surface area (Å²) in [5.41, 5.74) is 1.97. The van der Waals surface area contributed by atoms with Gasteiger partial charge in [-0.3, -0.25) is 0 Å². The van der Waals surface area contributed by atoms with Crippen LogP contribution in [0.1, 0.15) is 11.1 Å². The number of nitrogens with zero attached hydrogens (tertiary/aromatic N) is 4. The molecule has 0 saturated heterocycles. The Hall–Kier alpha value is -1.96. The number of benzene rings is 2. The predicted molar refractivity (Wildman–Crippen MR) is 104 cm³/mol. The van der Waals surface area contributed by atoms with Gasteiger partial charge < -0.3 is 4.74 Å². The Labute approximate surface area is 164 Å². The second-order valence-corrected chi connectivity index (χ2v) is 7.24. The monoisotopic (exact) mass is 410 g/mol. The van der Waals surface area contributed by atoms with Crippen molar-refractivity contribution >= 4 is 35.0 Å². The summed E-state index contributed by atoms with van der Waals surface area (Å²) in [5.74, 6) is 0.482. The van der Waals surface area contributed by atoms with Gasteiger partial charge in [-0.25, -0.2) is 4.79 Å². The molecule has 6 nitrogen and oxygen atoms in total. The molecule has 0 aliphatic rings. The molecule has 0 amide bonds. The number of ether oxygens (including phenoxy) is 1. The molecule has 9 heteroatoms. The molecule has 0 atom stereocenters. The van der Waals surface area contributed by atoms with Gasteiger partial charge in [-0.2, -0.15) is 9.36 Å². The second-order valence-electron chi connectivity index (χ2n) is 5.58. The predicted octanol–water partition coefficient (Wildman–Crippen LogP) is 3.88. The fourth-order valence-electron chi connectivity index (χ4n) is 2.44. The third-order valence-electron chi connectivity index (χ3n) is 3.86. The van der Waals surface area contributed by atoms with E-state index in [9.17, 15) is 4.79 Å². The molecule has 1 aromatic heterocycles. The van der Waals surface area contributed by atoms with E-state index in [2.05, 4.69) is 10.4 Å². The molecule has 0 fully saturated rings. The van der Waals surface area contributed by atoms with E-state index in [1.165, 1.54) is 9.36 Å². The minimum atomic E-state index is -0.332. The van der Waals surface area contributed by atoms with Crippen LogP contribution in [0.25, 0.3) is 5.69 Å². The molecule has 3 rings (SSSR count). The summed E-state index contributed by atoms with van der Waals surface area (Å²) in [4.78, 5) is 13.2. The highest BCUT2D eigenvalue weighted by Gasteiger charge is 2.16. The quantitative estimate of drug-likeness (QED) is 0.597. The Morgan fingerprint density at radius 1 is 1.19 bits per heavy atom. The number of tetrazole rings is 1. The first-order valence-corrected chi connectivity index (χ1v) is 9.64. The molecular weight excluding hydrogens is 395 g/mol. The van der Waals surface area contributed by atoms with Crippen LogP contribution in [-0.2, 0) is 13.7 Å². The lowest BCUT2D eigenvalue weighted by Gasteiger charge is -2.15. The van der Waals surface area contributed by atoms with Gasteiger partial charge in [0.2, 0.25) is 0 Å². The average molecular weight is 411 g/mol. The zero-order valence-corrected chi connectivity index (χ0v) is 16.7. The lowest BCUT2D eigenvalue weighted by molar-refractivity contribution is 0.303. The molecule has 0 N–H and O–H groups in total. The summed E-state index contributed by atoms with van der Waals surface area (Å²) >= 11 is 14.0. The van der Waals surface area contributed by atoms with Crippen molar-refractivity contribution < 1.29 is 4.74 Å². The highest BCUT2D eigenvalue weighted by molar-refractivity contribution is 7.98. The van der Waals surface area contributed by atoms with Crippen LogP contribution >= 0.6 is 35.0 Å². The summed E-state index contributed by atoms with van der Waals surface area (Å²) in [6.07, 6.45) is 1.96. The molecule has 0 aliphatic carbocycles. The van der Waals surface area contributed by atoms with Crippen LogP contribution < -0.4 is 10.4 Å². The molecule has 0 radical (unpaired) electrons. The van der Waals surface area contributed by atoms with Crippen molar-refractivity contribution in [1.82, 2.24) is 19.8 Å². The van der Waals surface area contributed by atoms with Crippen LogP contribution in [0, 0.1) is 6.92 Å². The van der Waals surface area contributed by atoms with Crippen molar-refractivity contribution in [1.29, 1.82) is 0 Å². The Bertz CT molecular complexity index is 1020. The van der Waals surface area contributed by atoms with E-state index < -0.39 is 0 Å². The third kappa shape index (κ3) is 3.60. The van der Waals surface area contributed by atoms with Crippen molar-refractivity contribution in [2.45, 2.75) is 18.4 Å². The number of hydrogen-bond donors (Lipinski definition) is 0. The number of hydrogen-bond acceptors (Lipinski definition) is 5. The van der Waals surface area contributed by atoms with Crippen molar-refractivity contribution in [3.05, 3.63) is 62.0 Å². The van der Waals surface area contributed by atoms with Gasteiger partial charge >= 0.3 is 5.69 Å². The summed E-state index contributed by atoms with van der Waals surface area (Å²) < 4.78 is 8.34. The molecule has 26 heavy (non-hydrogen) atoms. The first-order valence-electron chi connectivity index (χ1n) is 7.66. The molecule has 2 aromatic carbocycles. The van der Waals surface area contributed by atoms with Crippen molar-refractivity contribution in [2.24, 2.45) is 7.05 Å². The van der Waals surface area contributed by atoms with Gasteiger partial charge in [0.15, 0.2) is 0 Å². The van der Waals surface area contributed by atoms with E-state index in [-0.39, 0.29) is 12.3 Å². The zero-order chi connectivity index (χ0) is 18.8. The van der Waals surface area contributed by atoms with Gasteiger partial charge in [0, 0.05) is 28.6 Å². The van der Waals surface area contributed by atoms with Gasteiger partial charge in [0.1, 0.15) is 12.4 Å². The largest absolute Gasteiger partial charge is 0.487 e. The topological polar surface area (TPSA) is 61.9 Å². The Morgan fingerprint density at radius 2 is 1.96 bits per heavy atom. The molecule has 0 saturated carbocycles. The zero-order valence-electron chi connectivity index (χ0n) is 14.4. The summed E-state index contributed by atoms with van der Waals surface area (Å²) in [7, 11) is 1.55. The maximum Gasteiger partial charge on any atom is 0.368 e. The number of rotatable bonds is 5.